The summed E-state index contributed by atoms with van der Waals surface area (Å²) in [5.41, 5.74) is 5.54. The van der Waals surface area contributed by atoms with Gasteiger partial charge in [0.2, 0.25) is 5.52 Å². The summed E-state index contributed by atoms with van der Waals surface area (Å²) in [6.45, 7) is 4.90. The first-order chi connectivity index (χ1) is 16.4. The highest BCUT2D eigenvalue weighted by atomic mass is 79.9. The number of benzene rings is 3. The number of carboxylic acid groups (broad SMARTS) is 1. The molecule has 178 valence electrons. The van der Waals surface area contributed by atoms with E-state index in [1.54, 1.807) is 0 Å². The number of aliphatic carboxylic acids is 1. The van der Waals surface area contributed by atoms with Gasteiger partial charge >= 0.3 is 5.97 Å². The largest absolute Gasteiger partial charge is 1.00 e. The van der Waals surface area contributed by atoms with Gasteiger partial charge in [0.25, 0.3) is 0 Å². The molecule has 0 bridgehead atoms. The zero-order chi connectivity index (χ0) is 23.9. The topological polar surface area (TPSA) is 44.4 Å². The summed E-state index contributed by atoms with van der Waals surface area (Å²) in [5.74, 6) is -0.787. The SMILES string of the molecule is C[n+]1ccc(/C=C/C=C2\N(CCC(=O)O)c3ccc4ccccc4c3C2(C)C)c2ccccc21.[Br-]. The van der Waals surface area contributed by atoms with E-state index < -0.39 is 5.97 Å². The second-order valence-corrected chi connectivity index (χ2v) is 9.41. The number of pyridine rings is 1. The Labute approximate surface area is 216 Å². The van der Waals surface area contributed by atoms with Gasteiger partial charge in [0.1, 0.15) is 7.05 Å². The van der Waals surface area contributed by atoms with Crippen LogP contribution in [0.4, 0.5) is 5.69 Å². The van der Waals surface area contributed by atoms with Crippen LogP contribution in [-0.4, -0.2) is 17.6 Å². The Hall–Kier alpha value is -3.44. The van der Waals surface area contributed by atoms with Crippen LogP contribution in [0.1, 0.15) is 31.4 Å². The second kappa shape index (κ2) is 9.67. The minimum absolute atomic E-state index is 0. The predicted molar refractivity (Wildman–Crippen MR) is 139 cm³/mol. The van der Waals surface area contributed by atoms with E-state index in [9.17, 15) is 9.90 Å². The number of rotatable bonds is 5. The Morgan fingerprint density at radius 1 is 1.00 bits per heavy atom. The number of aryl methyl sites for hydroxylation is 1. The van der Waals surface area contributed by atoms with E-state index in [0.717, 1.165) is 16.9 Å². The Morgan fingerprint density at radius 2 is 1.71 bits per heavy atom. The van der Waals surface area contributed by atoms with Gasteiger partial charge in [-0.3, -0.25) is 4.79 Å². The molecule has 0 spiro atoms. The predicted octanol–water partition coefficient (Wildman–Crippen LogP) is 2.99. The zero-order valence-electron chi connectivity index (χ0n) is 20.2. The van der Waals surface area contributed by atoms with Crippen molar-refractivity contribution in [3.05, 3.63) is 102 Å². The molecule has 5 heteroatoms. The van der Waals surface area contributed by atoms with E-state index in [0.29, 0.717) is 6.54 Å². The lowest BCUT2D eigenvalue weighted by atomic mass is 9.81. The first kappa shape index (κ1) is 24.7. The zero-order valence-corrected chi connectivity index (χ0v) is 21.8. The highest BCUT2D eigenvalue weighted by Crippen LogP contribution is 2.50. The fourth-order valence-corrected chi connectivity index (χ4v) is 5.26. The molecule has 1 aliphatic heterocycles. The number of fused-ring (bicyclic) bond motifs is 4. The van der Waals surface area contributed by atoms with Crippen LogP contribution < -0.4 is 26.4 Å². The molecule has 0 fully saturated rings. The van der Waals surface area contributed by atoms with Crippen molar-refractivity contribution in [2.24, 2.45) is 7.05 Å². The molecule has 0 saturated carbocycles. The Morgan fingerprint density at radius 3 is 2.49 bits per heavy atom. The van der Waals surface area contributed by atoms with Gasteiger partial charge in [-0.05, 0) is 40.1 Å². The third-order valence-corrected chi connectivity index (χ3v) is 6.91. The number of hydrogen-bond acceptors (Lipinski definition) is 2. The van der Waals surface area contributed by atoms with E-state index in [1.807, 2.05) is 0 Å². The fourth-order valence-electron chi connectivity index (χ4n) is 5.26. The van der Waals surface area contributed by atoms with Gasteiger partial charge in [-0.15, -0.1) is 0 Å². The molecular formula is C30H29BrN2O2. The molecule has 2 heterocycles. The van der Waals surface area contributed by atoms with Gasteiger partial charge in [0, 0.05) is 35.5 Å². The van der Waals surface area contributed by atoms with Crippen LogP contribution in [0.3, 0.4) is 0 Å². The third kappa shape index (κ3) is 4.37. The van der Waals surface area contributed by atoms with E-state index in [-0.39, 0.29) is 28.8 Å². The lowest BCUT2D eigenvalue weighted by Crippen LogP contribution is -3.00. The van der Waals surface area contributed by atoms with Crippen LogP contribution in [0.15, 0.2) is 90.8 Å². The standard InChI is InChI=1S/C30H28N2O2.BrH/c1-30(2)27(14-8-10-22-17-19-31(3)25-13-7-6-11-23(22)25)32(20-18-28(33)34)26-16-15-21-9-4-5-12-24(21)29(26)30;/h4-17,19H,18,20H2,1-3H3;1H. The lowest BCUT2D eigenvalue weighted by molar-refractivity contribution is -0.644. The summed E-state index contributed by atoms with van der Waals surface area (Å²) < 4.78 is 2.13. The Bertz CT molecular complexity index is 1490. The van der Waals surface area contributed by atoms with Crippen molar-refractivity contribution in [3.8, 4) is 0 Å². The first-order valence-corrected chi connectivity index (χ1v) is 11.7. The summed E-state index contributed by atoms with van der Waals surface area (Å²) >= 11 is 0. The maximum atomic E-state index is 11.4. The minimum atomic E-state index is -0.787. The van der Waals surface area contributed by atoms with Crippen LogP contribution in [0.25, 0.3) is 27.8 Å². The quantitative estimate of drug-likeness (QED) is 0.405. The summed E-state index contributed by atoms with van der Waals surface area (Å²) in [6.07, 6.45) is 8.56. The second-order valence-electron chi connectivity index (χ2n) is 9.41. The summed E-state index contributed by atoms with van der Waals surface area (Å²) in [6, 6.07) is 23.2. The van der Waals surface area contributed by atoms with E-state index >= 15 is 0 Å². The van der Waals surface area contributed by atoms with Crippen molar-refractivity contribution in [1.82, 2.24) is 0 Å². The molecule has 3 aromatic carbocycles. The van der Waals surface area contributed by atoms with Gasteiger partial charge in [-0.2, -0.15) is 0 Å². The highest BCUT2D eigenvalue weighted by molar-refractivity contribution is 5.95. The van der Waals surface area contributed by atoms with E-state index in [1.165, 1.54) is 27.2 Å². The molecule has 0 aliphatic carbocycles. The van der Waals surface area contributed by atoms with Gasteiger partial charge in [-0.1, -0.05) is 68.5 Å². The Kier molecular flexibility index (Phi) is 6.82. The van der Waals surface area contributed by atoms with Crippen LogP contribution in [-0.2, 0) is 17.3 Å². The molecule has 0 amide bonds. The highest BCUT2D eigenvalue weighted by Gasteiger charge is 2.41. The van der Waals surface area contributed by atoms with Crippen molar-refractivity contribution in [2.75, 3.05) is 11.4 Å². The number of para-hydroxylation sites is 1. The molecule has 35 heavy (non-hydrogen) atoms. The number of aromatic nitrogens is 1. The number of nitrogens with zero attached hydrogens (tertiary/aromatic N) is 2. The first-order valence-electron chi connectivity index (χ1n) is 11.7. The number of allylic oxidation sites excluding steroid dienone is 3. The van der Waals surface area contributed by atoms with Crippen molar-refractivity contribution < 1.29 is 31.4 Å². The molecule has 0 radical (unpaired) electrons. The average molecular weight is 529 g/mol. The summed E-state index contributed by atoms with van der Waals surface area (Å²) in [4.78, 5) is 13.6. The van der Waals surface area contributed by atoms with Gasteiger partial charge in [0.05, 0.1) is 11.8 Å². The molecule has 0 unspecified atom stereocenters. The monoisotopic (exact) mass is 528 g/mol. The number of carbonyl (C=O) groups is 1. The maximum Gasteiger partial charge on any atom is 0.305 e. The minimum Gasteiger partial charge on any atom is -1.00 e. The molecule has 1 N–H and O–H groups in total. The molecular weight excluding hydrogens is 500 g/mol. The number of hydrogen-bond donors (Lipinski definition) is 1. The van der Waals surface area contributed by atoms with Crippen LogP contribution in [0, 0.1) is 0 Å². The van der Waals surface area contributed by atoms with Crippen molar-refractivity contribution in [2.45, 2.75) is 25.7 Å². The number of carboxylic acids is 1. The summed E-state index contributed by atoms with van der Waals surface area (Å²) in [5, 5.41) is 13.0. The summed E-state index contributed by atoms with van der Waals surface area (Å²) in [7, 11) is 2.06. The fraction of sp³-hybridized carbons (Fsp3) is 0.200. The van der Waals surface area contributed by atoms with Crippen LogP contribution in [0.2, 0.25) is 0 Å². The number of anilines is 1. The third-order valence-electron chi connectivity index (χ3n) is 6.91. The van der Waals surface area contributed by atoms with Gasteiger partial charge in [-0.25, -0.2) is 4.57 Å². The lowest BCUT2D eigenvalue weighted by Gasteiger charge is -2.26. The molecule has 1 aliphatic rings. The Balaban J connectivity index is 0.00000289. The average Bonchev–Trinajstić information content (AvgIpc) is 3.05. The molecule has 5 rings (SSSR count). The maximum absolute atomic E-state index is 11.4. The van der Waals surface area contributed by atoms with Crippen LogP contribution in [0.5, 0.6) is 0 Å². The molecule has 1 aromatic heterocycles. The number of halogens is 1. The van der Waals surface area contributed by atoms with E-state index in [4.69, 9.17) is 0 Å². The smallest absolute Gasteiger partial charge is 0.305 e. The van der Waals surface area contributed by atoms with Gasteiger partial charge < -0.3 is 27.0 Å². The van der Waals surface area contributed by atoms with Crippen molar-refractivity contribution >= 4 is 39.4 Å². The van der Waals surface area contributed by atoms with Gasteiger partial charge in [0.15, 0.2) is 6.20 Å². The van der Waals surface area contributed by atoms with Crippen LogP contribution >= 0.6 is 0 Å². The van der Waals surface area contributed by atoms with E-state index in [2.05, 4.69) is 122 Å². The molecule has 4 nitrogen and oxygen atoms in total. The molecule has 0 saturated heterocycles. The normalized spacial score (nSPS) is 15.6. The molecule has 4 aromatic rings. The van der Waals surface area contributed by atoms with Crippen molar-refractivity contribution in [1.29, 1.82) is 0 Å². The molecule has 0 atom stereocenters. The van der Waals surface area contributed by atoms with Crippen molar-refractivity contribution in [3.63, 3.8) is 0 Å².